The van der Waals surface area contributed by atoms with E-state index >= 15 is 0 Å². The summed E-state index contributed by atoms with van der Waals surface area (Å²) >= 11 is 5.84. The van der Waals surface area contributed by atoms with Crippen LogP contribution in [0.5, 0.6) is 5.75 Å². The summed E-state index contributed by atoms with van der Waals surface area (Å²) in [4.78, 5) is 26.8. The van der Waals surface area contributed by atoms with Gasteiger partial charge in [0.15, 0.2) is 0 Å². The van der Waals surface area contributed by atoms with Gasteiger partial charge in [-0.1, -0.05) is 11.6 Å². The number of primary amides is 1. The van der Waals surface area contributed by atoms with E-state index in [9.17, 15) is 9.59 Å². The fourth-order valence-electron chi connectivity index (χ4n) is 2.65. The lowest BCUT2D eigenvalue weighted by atomic mass is 10.2. The van der Waals surface area contributed by atoms with Gasteiger partial charge in [-0.2, -0.15) is 0 Å². The number of amides is 3. The van der Waals surface area contributed by atoms with Gasteiger partial charge in [0.05, 0.1) is 0 Å². The third-order valence-electron chi connectivity index (χ3n) is 4.08. The molecule has 8 heteroatoms. The zero-order valence-electron chi connectivity index (χ0n) is 14.2. The van der Waals surface area contributed by atoms with Crippen LogP contribution in [0.1, 0.15) is 12.8 Å². The van der Waals surface area contributed by atoms with Crippen molar-refractivity contribution in [3.05, 3.63) is 29.3 Å². The van der Waals surface area contributed by atoms with E-state index in [1.165, 1.54) is 0 Å². The number of rotatable bonds is 8. The molecule has 0 radical (unpaired) electrons. The highest BCUT2D eigenvalue weighted by Crippen LogP contribution is 2.15. The minimum absolute atomic E-state index is 0.128. The van der Waals surface area contributed by atoms with Gasteiger partial charge in [-0.25, -0.2) is 4.79 Å². The van der Waals surface area contributed by atoms with Gasteiger partial charge >= 0.3 is 6.03 Å². The summed E-state index contributed by atoms with van der Waals surface area (Å²) in [5, 5.41) is 3.18. The molecule has 1 heterocycles. The summed E-state index contributed by atoms with van der Waals surface area (Å²) in [5.41, 5.74) is 4.98. The second kappa shape index (κ2) is 10.1. The maximum atomic E-state index is 12.1. The predicted octanol–water partition coefficient (Wildman–Crippen LogP) is 1.31. The monoisotopic (exact) mass is 368 g/mol. The highest BCUT2D eigenvalue weighted by molar-refractivity contribution is 6.30. The van der Waals surface area contributed by atoms with E-state index in [1.54, 1.807) is 12.1 Å². The average Bonchev–Trinajstić information content (AvgIpc) is 2.61. The van der Waals surface area contributed by atoms with Gasteiger partial charge in [-0.3, -0.25) is 9.69 Å². The van der Waals surface area contributed by atoms with E-state index in [4.69, 9.17) is 22.1 Å². The first-order valence-electron chi connectivity index (χ1n) is 8.46. The van der Waals surface area contributed by atoms with E-state index in [-0.39, 0.29) is 5.91 Å². The zero-order chi connectivity index (χ0) is 18.1. The van der Waals surface area contributed by atoms with E-state index in [2.05, 4.69) is 10.2 Å². The van der Waals surface area contributed by atoms with Crippen LogP contribution in [0.3, 0.4) is 0 Å². The van der Waals surface area contributed by atoms with Gasteiger partial charge in [0, 0.05) is 50.7 Å². The number of piperazine rings is 1. The Morgan fingerprint density at radius 1 is 1.16 bits per heavy atom. The number of urea groups is 1. The maximum absolute atomic E-state index is 12.1. The summed E-state index contributed by atoms with van der Waals surface area (Å²) in [7, 11) is 0. The van der Waals surface area contributed by atoms with Crippen LogP contribution >= 0.6 is 11.6 Å². The fraction of sp³-hybridized carbons (Fsp3) is 0.529. The average molecular weight is 369 g/mol. The van der Waals surface area contributed by atoms with E-state index < -0.39 is 6.03 Å². The molecule has 1 fully saturated rings. The van der Waals surface area contributed by atoms with Crippen LogP contribution in [0, 0.1) is 0 Å². The molecule has 1 saturated heterocycles. The Balaban J connectivity index is 1.58. The number of nitrogens with zero attached hydrogens (tertiary/aromatic N) is 2. The first-order valence-corrected chi connectivity index (χ1v) is 8.84. The Bertz CT molecular complexity index is 560. The molecule has 138 valence electrons. The third kappa shape index (κ3) is 7.19. The van der Waals surface area contributed by atoms with Crippen molar-refractivity contribution in [3.63, 3.8) is 0 Å². The normalized spacial score (nSPS) is 15.0. The van der Waals surface area contributed by atoms with Crippen LogP contribution in [0.2, 0.25) is 5.02 Å². The van der Waals surface area contributed by atoms with Gasteiger partial charge in [0.2, 0.25) is 5.91 Å². The van der Waals surface area contributed by atoms with E-state index in [0.717, 1.165) is 38.5 Å². The van der Waals surface area contributed by atoms with Gasteiger partial charge in [-0.05, 0) is 30.7 Å². The quantitative estimate of drug-likeness (QED) is 0.677. The SMILES string of the molecule is NC(=O)NCCCC(=O)N1CCN(CCOc2ccc(Cl)cc2)CC1. The van der Waals surface area contributed by atoms with Crippen LogP contribution in [0.15, 0.2) is 24.3 Å². The second-order valence-electron chi connectivity index (χ2n) is 5.92. The number of nitrogens with one attached hydrogen (secondary N) is 1. The summed E-state index contributed by atoms with van der Waals surface area (Å²) < 4.78 is 5.70. The number of hydrogen-bond donors (Lipinski definition) is 2. The second-order valence-corrected chi connectivity index (χ2v) is 6.36. The predicted molar refractivity (Wildman–Crippen MR) is 96.8 cm³/mol. The summed E-state index contributed by atoms with van der Waals surface area (Å²) in [5.74, 6) is 0.936. The molecule has 25 heavy (non-hydrogen) atoms. The summed E-state index contributed by atoms with van der Waals surface area (Å²) in [6.45, 7) is 5.00. The van der Waals surface area contributed by atoms with Crippen molar-refractivity contribution >= 4 is 23.5 Å². The molecule has 0 unspecified atom stereocenters. The Morgan fingerprint density at radius 2 is 1.84 bits per heavy atom. The van der Waals surface area contributed by atoms with Crippen LogP contribution in [0.4, 0.5) is 4.79 Å². The molecule has 1 aliphatic heterocycles. The summed E-state index contributed by atoms with van der Waals surface area (Å²) in [6.07, 6.45) is 1.04. The van der Waals surface area contributed by atoms with Crippen LogP contribution in [-0.2, 0) is 4.79 Å². The van der Waals surface area contributed by atoms with Gasteiger partial charge in [0.25, 0.3) is 0 Å². The highest BCUT2D eigenvalue weighted by atomic mass is 35.5. The molecule has 0 atom stereocenters. The van der Waals surface area contributed by atoms with Gasteiger partial charge in [0.1, 0.15) is 12.4 Å². The van der Waals surface area contributed by atoms with Crippen molar-refractivity contribution in [2.24, 2.45) is 5.73 Å². The smallest absolute Gasteiger partial charge is 0.312 e. The van der Waals surface area contributed by atoms with Crippen molar-refractivity contribution in [2.75, 3.05) is 45.9 Å². The number of carbonyl (C=O) groups is 2. The van der Waals surface area contributed by atoms with Crippen molar-refractivity contribution in [2.45, 2.75) is 12.8 Å². The molecule has 0 aromatic heterocycles. The molecule has 1 aromatic carbocycles. The minimum atomic E-state index is -0.554. The lowest BCUT2D eigenvalue weighted by molar-refractivity contribution is -0.133. The molecule has 2 rings (SSSR count). The Labute approximate surface area is 153 Å². The molecule has 1 aromatic rings. The molecule has 0 aliphatic carbocycles. The number of nitrogens with two attached hydrogens (primary N) is 1. The largest absolute Gasteiger partial charge is 0.492 e. The topological polar surface area (TPSA) is 87.9 Å². The molecule has 3 amide bonds. The number of benzene rings is 1. The number of hydrogen-bond acceptors (Lipinski definition) is 4. The molecular weight excluding hydrogens is 344 g/mol. The maximum Gasteiger partial charge on any atom is 0.312 e. The third-order valence-corrected chi connectivity index (χ3v) is 4.33. The van der Waals surface area contributed by atoms with E-state index in [0.29, 0.717) is 31.0 Å². The highest BCUT2D eigenvalue weighted by Gasteiger charge is 2.20. The summed E-state index contributed by atoms with van der Waals surface area (Å²) in [6, 6.07) is 6.76. The molecule has 0 saturated carbocycles. The van der Waals surface area contributed by atoms with Crippen molar-refractivity contribution in [3.8, 4) is 5.75 Å². The van der Waals surface area contributed by atoms with Crippen molar-refractivity contribution < 1.29 is 14.3 Å². The van der Waals surface area contributed by atoms with E-state index in [1.807, 2.05) is 17.0 Å². The van der Waals surface area contributed by atoms with Crippen LogP contribution < -0.4 is 15.8 Å². The molecule has 7 nitrogen and oxygen atoms in total. The Morgan fingerprint density at radius 3 is 2.48 bits per heavy atom. The number of ether oxygens (including phenoxy) is 1. The first kappa shape index (κ1) is 19.3. The first-order chi connectivity index (χ1) is 12.0. The minimum Gasteiger partial charge on any atom is -0.492 e. The standard InChI is InChI=1S/C17H25ClN4O3/c18-14-3-5-15(6-4-14)25-13-12-21-8-10-22(11-9-21)16(23)2-1-7-20-17(19)24/h3-6H,1-2,7-13H2,(H3,19,20,24). The van der Waals surface area contributed by atoms with Crippen molar-refractivity contribution in [1.82, 2.24) is 15.1 Å². The Hall–Kier alpha value is -1.99. The van der Waals surface area contributed by atoms with Crippen LogP contribution in [0.25, 0.3) is 0 Å². The van der Waals surface area contributed by atoms with Gasteiger partial charge < -0.3 is 20.7 Å². The molecule has 3 N–H and O–H groups in total. The van der Waals surface area contributed by atoms with Crippen LogP contribution in [-0.4, -0.2) is 67.6 Å². The Kier molecular flexibility index (Phi) is 7.81. The van der Waals surface area contributed by atoms with Gasteiger partial charge in [-0.15, -0.1) is 0 Å². The lowest BCUT2D eigenvalue weighted by Gasteiger charge is -2.34. The zero-order valence-corrected chi connectivity index (χ0v) is 15.0. The lowest BCUT2D eigenvalue weighted by Crippen LogP contribution is -2.49. The molecule has 1 aliphatic rings. The number of carbonyl (C=O) groups excluding carboxylic acids is 2. The molecule has 0 bridgehead atoms. The molecule has 0 spiro atoms. The fourth-order valence-corrected chi connectivity index (χ4v) is 2.78. The number of halogens is 1. The van der Waals surface area contributed by atoms with Crippen molar-refractivity contribution in [1.29, 1.82) is 0 Å². The molecular formula is C17H25ClN4O3.